The number of hydrogen-bond donors (Lipinski definition) is 3. The summed E-state index contributed by atoms with van der Waals surface area (Å²) in [6.07, 6.45) is 11.6. The molecule has 336 valence electrons. The number of fused-ring (bicyclic) bond motifs is 3. The number of carboxylic acid groups (broad SMARTS) is 1. The Labute approximate surface area is 380 Å². The molecule has 3 atom stereocenters. The number of aromatic nitrogens is 2. The number of nitrogens with two attached hydrogens (primary N) is 1. The first-order chi connectivity index (χ1) is 30.8. The Morgan fingerprint density at radius 1 is 1.02 bits per heavy atom. The Balaban J connectivity index is 0.940. The van der Waals surface area contributed by atoms with Gasteiger partial charge < -0.3 is 30.5 Å². The van der Waals surface area contributed by atoms with Crippen molar-refractivity contribution in [3.05, 3.63) is 130 Å². The van der Waals surface area contributed by atoms with E-state index in [1.807, 2.05) is 36.5 Å². The highest BCUT2D eigenvalue weighted by Gasteiger charge is 2.54. The number of nitrogen functional groups attached to an aromatic ring is 1. The number of nitrogens with one attached hydrogen (secondary N) is 1. The van der Waals surface area contributed by atoms with Crippen molar-refractivity contribution in [1.82, 2.24) is 14.9 Å². The third kappa shape index (κ3) is 9.70. The van der Waals surface area contributed by atoms with E-state index in [-0.39, 0.29) is 41.9 Å². The van der Waals surface area contributed by atoms with E-state index in [2.05, 4.69) is 41.3 Å². The molecule has 0 radical (unpaired) electrons. The highest BCUT2D eigenvalue weighted by molar-refractivity contribution is 6.30. The number of nitrogens with zero attached hydrogens (tertiary/aromatic N) is 3. The molecule has 64 heavy (non-hydrogen) atoms. The molecule has 10 nitrogen and oxygen atoms in total. The van der Waals surface area contributed by atoms with E-state index in [1.165, 1.54) is 22.8 Å². The van der Waals surface area contributed by atoms with E-state index < -0.39 is 11.5 Å². The van der Waals surface area contributed by atoms with E-state index in [4.69, 9.17) is 26.8 Å². The van der Waals surface area contributed by atoms with E-state index in [1.54, 1.807) is 48.5 Å². The van der Waals surface area contributed by atoms with E-state index >= 15 is 0 Å². The number of hydrogen-bond acceptors (Lipinski definition) is 8. The Bertz CT molecular complexity index is 2470. The summed E-state index contributed by atoms with van der Waals surface area (Å²) in [6, 6.07) is 24.0. The molecule has 1 unspecified atom stereocenters. The van der Waals surface area contributed by atoms with Gasteiger partial charge >= 0.3 is 5.97 Å². The molecule has 3 aliphatic carbocycles. The summed E-state index contributed by atoms with van der Waals surface area (Å²) in [6.45, 7) is 5.58. The third-order valence-corrected chi connectivity index (χ3v) is 14.3. The van der Waals surface area contributed by atoms with Crippen molar-refractivity contribution >= 4 is 35.0 Å². The molecule has 1 saturated carbocycles. The lowest BCUT2D eigenvalue weighted by Gasteiger charge is -2.47. The minimum atomic E-state index is -1.13. The molecule has 3 aliphatic rings. The second-order valence-electron chi connectivity index (χ2n) is 18.5. The number of benzene rings is 3. The minimum Gasteiger partial charge on any atom is -0.494 e. The van der Waals surface area contributed by atoms with Crippen molar-refractivity contribution in [2.24, 2.45) is 11.8 Å². The fourth-order valence-electron chi connectivity index (χ4n) is 10.6. The normalized spacial score (nSPS) is 21.7. The lowest BCUT2D eigenvalue weighted by molar-refractivity contribution is -0.144. The highest BCUT2D eigenvalue weighted by atomic mass is 35.5. The number of aryl methyl sites for hydroxylation is 1. The zero-order valence-corrected chi connectivity index (χ0v) is 37.8. The Morgan fingerprint density at radius 2 is 1.83 bits per heavy atom. The van der Waals surface area contributed by atoms with Gasteiger partial charge in [0.05, 0.1) is 13.2 Å². The Morgan fingerprint density at radius 3 is 2.59 bits per heavy atom. The Hall–Kier alpha value is -5.68. The van der Waals surface area contributed by atoms with Gasteiger partial charge in [-0.05, 0) is 165 Å². The van der Waals surface area contributed by atoms with Gasteiger partial charge in [-0.3, -0.25) is 9.78 Å². The molecule has 0 saturated heterocycles. The topological polar surface area (TPSA) is 140 Å². The number of pyridine rings is 2. The molecule has 5 aromatic rings. The first-order valence-corrected chi connectivity index (χ1v) is 23.1. The molecule has 3 aromatic carbocycles. The number of ether oxygens (including phenoxy) is 2. The number of halogens is 2. The van der Waals surface area contributed by atoms with E-state index in [0.29, 0.717) is 73.3 Å². The molecular formula is C52H59ClFN5O5. The highest BCUT2D eigenvalue weighted by Crippen LogP contribution is 2.57. The van der Waals surface area contributed by atoms with Crippen LogP contribution in [-0.2, 0) is 34.4 Å². The summed E-state index contributed by atoms with van der Waals surface area (Å²) in [7, 11) is 1.68. The SMILES string of the molecule is C[C@@H](COc1ccnc2c1[C@H](C)CCC2)CC1Cc2ccc(OCCCC(=O)N(C)Cc3cc(-c4ccc(N)nc4)ccc3F)cc2C12CCC(Nc1cccc(Cl)c1)(C(=O)O)CC2. The van der Waals surface area contributed by atoms with Crippen LogP contribution >= 0.6 is 11.6 Å². The van der Waals surface area contributed by atoms with Gasteiger partial charge in [0.15, 0.2) is 0 Å². The van der Waals surface area contributed by atoms with Gasteiger partial charge in [-0.15, -0.1) is 0 Å². The zero-order valence-electron chi connectivity index (χ0n) is 37.0. The molecule has 2 heterocycles. The molecule has 1 spiro atoms. The number of amides is 1. The van der Waals surface area contributed by atoms with Crippen molar-refractivity contribution in [2.75, 3.05) is 31.3 Å². The lowest BCUT2D eigenvalue weighted by Crippen LogP contribution is -2.53. The van der Waals surface area contributed by atoms with Crippen LogP contribution in [0.15, 0.2) is 91.3 Å². The van der Waals surface area contributed by atoms with Gasteiger partial charge in [0.25, 0.3) is 0 Å². The van der Waals surface area contributed by atoms with Gasteiger partial charge in [0.2, 0.25) is 5.91 Å². The average molecular weight is 889 g/mol. The summed E-state index contributed by atoms with van der Waals surface area (Å²) >= 11 is 6.32. The number of anilines is 2. The van der Waals surface area contributed by atoms with E-state index in [0.717, 1.165) is 60.4 Å². The maximum atomic E-state index is 14.9. The van der Waals surface area contributed by atoms with Crippen LogP contribution in [0.25, 0.3) is 11.1 Å². The van der Waals surface area contributed by atoms with Crippen molar-refractivity contribution < 1.29 is 28.6 Å². The van der Waals surface area contributed by atoms with Crippen molar-refractivity contribution in [3.63, 3.8) is 0 Å². The largest absolute Gasteiger partial charge is 0.494 e. The molecule has 0 aliphatic heterocycles. The van der Waals surface area contributed by atoms with E-state index in [9.17, 15) is 19.1 Å². The third-order valence-electron chi connectivity index (χ3n) is 14.1. The van der Waals surface area contributed by atoms with Crippen LogP contribution in [0.5, 0.6) is 11.5 Å². The standard InChI is InChI=1S/C52H59ClFN5O5/c1-33(32-64-46-18-23-56-45-10-4-7-34(2)49(45)46)25-39-27-36-12-15-42(29-43(36)51(39)19-21-52(22-20-51,50(61)62)58-41-9-5-8-40(53)28-41)63-24-6-11-48(60)59(3)31-38-26-35(13-16-44(38)54)37-14-17-47(55)57-30-37/h5,8-9,12-18,23,26,28-30,33-34,39,58H,4,6-7,10-11,19-22,24-25,27,31-32H2,1-3H3,(H2,55,57)(H,61,62)/t33-,34-,39?,51?,52?/m1/s1. The summed E-state index contributed by atoms with van der Waals surface area (Å²) in [5.74, 6) is 1.70. The van der Waals surface area contributed by atoms with Crippen molar-refractivity contribution in [2.45, 2.75) is 108 Å². The van der Waals surface area contributed by atoms with Gasteiger partial charge in [0, 0.05) is 65.5 Å². The summed E-state index contributed by atoms with van der Waals surface area (Å²) in [4.78, 5) is 36.7. The van der Waals surface area contributed by atoms with Crippen molar-refractivity contribution in [3.8, 4) is 22.6 Å². The molecular weight excluding hydrogens is 829 g/mol. The molecule has 1 fully saturated rings. The second-order valence-corrected chi connectivity index (χ2v) is 18.9. The predicted octanol–water partition coefficient (Wildman–Crippen LogP) is 10.8. The van der Waals surface area contributed by atoms with Crippen LogP contribution in [0, 0.1) is 17.7 Å². The predicted molar refractivity (Wildman–Crippen MR) is 249 cm³/mol. The van der Waals surface area contributed by atoms with Gasteiger partial charge in [0.1, 0.15) is 28.7 Å². The fourth-order valence-corrected chi connectivity index (χ4v) is 10.8. The summed E-state index contributed by atoms with van der Waals surface area (Å²) in [5, 5.41) is 14.7. The maximum Gasteiger partial charge on any atom is 0.329 e. The number of aliphatic carboxylic acids is 1. The maximum absolute atomic E-state index is 14.9. The number of carboxylic acids is 1. The van der Waals surface area contributed by atoms with Crippen LogP contribution in [0.2, 0.25) is 5.02 Å². The summed E-state index contributed by atoms with van der Waals surface area (Å²) < 4.78 is 27.8. The summed E-state index contributed by atoms with van der Waals surface area (Å²) in [5.41, 5.74) is 12.0. The minimum absolute atomic E-state index is 0.106. The smallest absolute Gasteiger partial charge is 0.329 e. The molecule has 8 rings (SSSR count). The molecule has 1 amide bonds. The van der Waals surface area contributed by atoms with Crippen LogP contribution in [0.4, 0.5) is 15.9 Å². The molecule has 12 heteroatoms. The number of carbonyl (C=O) groups is 2. The lowest BCUT2D eigenvalue weighted by atomic mass is 9.59. The number of rotatable bonds is 16. The molecule has 0 bridgehead atoms. The second kappa shape index (κ2) is 19.2. The zero-order chi connectivity index (χ0) is 45.0. The molecule has 2 aromatic heterocycles. The number of carbonyl (C=O) groups excluding carboxylic acids is 1. The van der Waals surface area contributed by atoms with Gasteiger partial charge in [-0.25, -0.2) is 14.2 Å². The van der Waals surface area contributed by atoms with Crippen molar-refractivity contribution in [1.29, 1.82) is 0 Å². The average Bonchev–Trinajstić information content (AvgIpc) is 3.56. The van der Waals surface area contributed by atoms with Crippen LogP contribution in [0.3, 0.4) is 0 Å². The first-order valence-electron chi connectivity index (χ1n) is 22.7. The monoisotopic (exact) mass is 887 g/mol. The van der Waals surface area contributed by atoms with Crippen LogP contribution < -0.4 is 20.5 Å². The fraction of sp³-hybridized carbons (Fsp3) is 0.423. The molecule has 4 N–H and O–H groups in total. The van der Waals surface area contributed by atoms with Gasteiger partial charge in [-0.2, -0.15) is 0 Å². The first kappa shape index (κ1) is 44.9. The Kier molecular flexibility index (Phi) is 13.5. The van der Waals surface area contributed by atoms with Crippen LogP contribution in [-0.4, -0.2) is 57.7 Å². The van der Waals surface area contributed by atoms with Gasteiger partial charge in [-0.1, -0.05) is 43.6 Å². The quantitative estimate of drug-likeness (QED) is 0.0826. The van der Waals surface area contributed by atoms with Crippen LogP contribution in [0.1, 0.15) is 106 Å².